The Morgan fingerprint density at radius 3 is 2.72 bits per heavy atom. The lowest BCUT2D eigenvalue weighted by Gasteiger charge is -2.06. The maximum Gasteiger partial charge on any atom is 0.320 e. The van der Waals surface area contributed by atoms with Crippen LogP contribution >= 0.6 is 34.7 Å². The van der Waals surface area contributed by atoms with Gasteiger partial charge in [0.1, 0.15) is 10.7 Å². The van der Waals surface area contributed by atoms with Gasteiger partial charge in [-0.05, 0) is 18.2 Å². The first kappa shape index (κ1) is 18.5. The van der Waals surface area contributed by atoms with Gasteiger partial charge in [0.05, 0.1) is 21.8 Å². The van der Waals surface area contributed by atoms with Crippen LogP contribution in [-0.4, -0.2) is 19.7 Å². The molecule has 0 aliphatic carbocycles. The van der Waals surface area contributed by atoms with Crippen LogP contribution in [-0.2, 0) is 5.75 Å². The van der Waals surface area contributed by atoms with Crippen molar-refractivity contribution in [2.45, 2.75) is 17.5 Å². The van der Waals surface area contributed by atoms with Gasteiger partial charge in [0, 0.05) is 10.1 Å². The van der Waals surface area contributed by atoms with Crippen molar-refractivity contribution >= 4 is 55.8 Å². The molecule has 10 heteroatoms. The molecule has 146 valence electrons. The zero-order valence-electron chi connectivity index (χ0n) is 14.6. The predicted molar refractivity (Wildman–Crippen MR) is 111 cm³/mol. The van der Waals surface area contributed by atoms with Gasteiger partial charge in [0.15, 0.2) is 0 Å². The molecule has 0 unspecified atom stereocenters. The molecule has 0 radical (unpaired) electrons. The van der Waals surface area contributed by atoms with Crippen molar-refractivity contribution in [1.82, 2.24) is 19.7 Å². The van der Waals surface area contributed by atoms with Gasteiger partial charge in [-0.25, -0.2) is 4.98 Å². The normalized spacial score (nSPS) is 11.9. The number of hydrogen-bond donors (Lipinski definition) is 0. The van der Waals surface area contributed by atoms with Crippen molar-refractivity contribution < 1.29 is 13.2 Å². The lowest BCUT2D eigenvalue weighted by molar-refractivity contribution is 0.0722. The third kappa shape index (κ3) is 3.29. The summed E-state index contributed by atoms with van der Waals surface area (Å²) < 4.78 is 34.7. The van der Waals surface area contributed by atoms with E-state index in [1.807, 2.05) is 24.3 Å². The van der Waals surface area contributed by atoms with Crippen LogP contribution in [0.5, 0.6) is 0 Å². The Bertz CT molecular complexity index is 1330. The van der Waals surface area contributed by atoms with Crippen LogP contribution in [0.4, 0.5) is 8.78 Å². The van der Waals surface area contributed by atoms with Crippen molar-refractivity contribution in [3.05, 3.63) is 59.4 Å². The average Bonchev–Trinajstić information content (AvgIpc) is 3.41. The molecule has 0 amide bonds. The minimum atomic E-state index is -2.69. The number of imidazole rings is 1. The zero-order valence-corrected chi connectivity index (χ0v) is 16.9. The Morgan fingerprint density at radius 2 is 1.90 bits per heavy atom. The number of hydrogen-bond acceptors (Lipinski definition) is 6. The van der Waals surface area contributed by atoms with Gasteiger partial charge in [-0.3, -0.25) is 4.57 Å². The monoisotopic (exact) mass is 448 g/mol. The number of para-hydroxylation sites is 2. The third-order valence-corrected chi connectivity index (χ3v) is 6.80. The fourth-order valence-corrected chi connectivity index (χ4v) is 5.18. The van der Waals surface area contributed by atoms with Gasteiger partial charge in [0.25, 0.3) is 11.1 Å². The summed E-state index contributed by atoms with van der Waals surface area (Å²) in [6.07, 6.45) is 0. The molecular formula is C19H11ClF2N4OS2. The molecule has 5 aromatic rings. The van der Waals surface area contributed by atoms with Crippen molar-refractivity contribution in [1.29, 1.82) is 0 Å². The molecule has 0 N–H and O–H groups in total. The van der Waals surface area contributed by atoms with Gasteiger partial charge in [-0.2, -0.15) is 8.78 Å². The summed E-state index contributed by atoms with van der Waals surface area (Å²) in [6.45, 7) is -2.69. The fraction of sp³-hybridized carbons (Fsp3) is 0.105. The summed E-state index contributed by atoms with van der Waals surface area (Å²) in [7, 11) is 0. The van der Waals surface area contributed by atoms with E-state index < -0.39 is 6.55 Å². The number of halogens is 3. The average molecular weight is 449 g/mol. The van der Waals surface area contributed by atoms with Gasteiger partial charge < -0.3 is 4.42 Å². The molecule has 0 fully saturated rings. The Labute approximate surface area is 176 Å². The molecule has 0 bridgehead atoms. The summed E-state index contributed by atoms with van der Waals surface area (Å²) in [4.78, 5) is 5.00. The molecule has 0 spiro atoms. The first-order valence-corrected chi connectivity index (χ1v) is 10.7. The van der Waals surface area contributed by atoms with Crippen molar-refractivity contribution in [2.75, 3.05) is 0 Å². The lowest BCUT2D eigenvalue weighted by atomic mass is 10.2. The standard InChI is InChI=1S/C19H11ClF2N4OS2/c20-15-10-5-1-4-8-13(10)29-16(15)17-24-25-19(27-17)28-9-14-23-11-6-2-3-7-12(11)26(14)18(21)22/h1-8,18H,9H2. The van der Waals surface area contributed by atoms with Crippen LogP contribution in [0.25, 0.3) is 31.9 Å². The van der Waals surface area contributed by atoms with Gasteiger partial charge in [0.2, 0.25) is 0 Å². The lowest BCUT2D eigenvalue weighted by Crippen LogP contribution is -2.03. The quantitative estimate of drug-likeness (QED) is 0.282. The molecule has 0 atom stereocenters. The number of rotatable bonds is 5. The number of aromatic nitrogens is 4. The molecular weight excluding hydrogens is 438 g/mol. The van der Waals surface area contributed by atoms with E-state index in [2.05, 4.69) is 15.2 Å². The molecule has 0 aliphatic heterocycles. The van der Waals surface area contributed by atoms with Crippen molar-refractivity contribution in [3.8, 4) is 10.8 Å². The third-order valence-electron chi connectivity index (χ3n) is 4.32. The molecule has 0 saturated carbocycles. The van der Waals surface area contributed by atoms with Gasteiger partial charge in [-0.15, -0.1) is 21.5 Å². The van der Waals surface area contributed by atoms with Crippen LogP contribution in [0, 0.1) is 0 Å². The summed E-state index contributed by atoms with van der Waals surface area (Å²) in [5, 5.41) is 9.83. The van der Waals surface area contributed by atoms with Crippen LogP contribution < -0.4 is 0 Å². The van der Waals surface area contributed by atoms with Crippen LogP contribution in [0.2, 0.25) is 5.02 Å². The van der Waals surface area contributed by atoms with E-state index in [1.165, 1.54) is 11.3 Å². The van der Waals surface area contributed by atoms with E-state index >= 15 is 0 Å². The number of thioether (sulfide) groups is 1. The Hall–Kier alpha value is -2.49. The smallest absolute Gasteiger partial charge is 0.320 e. The SMILES string of the molecule is FC(F)n1c(CSc2nnc(-c3sc4ccccc4c3Cl)o2)nc2ccccc21. The van der Waals surface area contributed by atoms with Crippen LogP contribution in [0.15, 0.2) is 58.2 Å². The van der Waals surface area contributed by atoms with E-state index in [9.17, 15) is 8.78 Å². The highest BCUT2D eigenvalue weighted by atomic mass is 35.5. The molecule has 2 aromatic carbocycles. The molecule has 0 aliphatic rings. The number of nitrogens with zero attached hydrogens (tertiary/aromatic N) is 4. The second-order valence-electron chi connectivity index (χ2n) is 6.07. The van der Waals surface area contributed by atoms with E-state index in [-0.39, 0.29) is 16.8 Å². The highest BCUT2D eigenvalue weighted by Crippen LogP contribution is 2.42. The minimum Gasteiger partial charge on any atom is -0.410 e. The van der Waals surface area contributed by atoms with Crippen LogP contribution in [0.3, 0.4) is 0 Å². The van der Waals surface area contributed by atoms with Gasteiger partial charge in [-0.1, -0.05) is 53.7 Å². The maximum absolute atomic E-state index is 13.5. The Balaban J connectivity index is 1.42. The second-order valence-corrected chi connectivity index (χ2v) is 8.42. The Morgan fingerprint density at radius 1 is 1.10 bits per heavy atom. The highest BCUT2D eigenvalue weighted by molar-refractivity contribution is 7.98. The molecule has 3 heterocycles. The predicted octanol–water partition coefficient (Wildman–Crippen LogP) is 6.64. The number of alkyl halides is 2. The summed E-state index contributed by atoms with van der Waals surface area (Å²) in [6, 6.07) is 14.5. The largest absolute Gasteiger partial charge is 0.410 e. The molecule has 0 saturated heterocycles. The summed E-state index contributed by atoms with van der Waals surface area (Å²) in [5.74, 6) is 0.716. The highest BCUT2D eigenvalue weighted by Gasteiger charge is 2.20. The number of thiophene rings is 1. The van der Waals surface area contributed by atoms with E-state index in [4.69, 9.17) is 16.0 Å². The van der Waals surface area contributed by atoms with Crippen molar-refractivity contribution in [2.24, 2.45) is 0 Å². The van der Waals surface area contributed by atoms with E-state index in [1.54, 1.807) is 24.3 Å². The van der Waals surface area contributed by atoms with E-state index in [0.717, 1.165) is 26.4 Å². The second kappa shape index (κ2) is 7.40. The zero-order chi connectivity index (χ0) is 20.0. The molecule has 5 rings (SSSR count). The molecule has 29 heavy (non-hydrogen) atoms. The number of fused-ring (bicyclic) bond motifs is 2. The molecule has 5 nitrogen and oxygen atoms in total. The molecule has 3 aromatic heterocycles. The topological polar surface area (TPSA) is 56.7 Å². The fourth-order valence-electron chi connectivity index (χ4n) is 3.05. The number of benzene rings is 2. The summed E-state index contributed by atoms with van der Waals surface area (Å²) >= 11 is 9.07. The first-order chi connectivity index (χ1) is 14.1. The summed E-state index contributed by atoms with van der Waals surface area (Å²) in [5.41, 5.74) is 0.910. The first-order valence-electron chi connectivity index (χ1n) is 8.49. The van der Waals surface area contributed by atoms with Crippen LogP contribution in [0.1, 0.15) is 12.4 Å². The Kier molecular flexibility index (Phi) is 4.73. The van der Waals surface area contributed by atoms with Crippen molar-refractivity contribution in [3.63, 3.8) is 0 Å². The maximum atomic E-state index is 13.5. The minimum absolute atomic E-state index is 0.167. The van der Waals surface area contributed by atoms with Gasteiger partial charge >= 0.3 is 6.55 Å². The van der Waals surface area contributed by atoms with E-state index in [0.29, 0.717) is 26.8 Å².